The quantitative estimate of drug-likeness (QED) is 0.652. The Labute approximate surface area is 146 Å². The summed E-state index contributed by atoms with van der Waals surface area (Å²) in [5.74, 6) is 0.471. The highest BCUT2D eigenvalue weighted by Crippen LogP contribution is 2.35. The molecule has 0 saturated heterocycles. The first-order valence-electron chi connectivity index (χ1n) is 7.25. The number of benzene rings is 1. The third-order valence-corrected chi connectivity index (χ3v) is 4.50. The molecule has 0 bridgehead atoms. The van der Waals surface area contributed by atoms with Gasteiger partial charge in [-0.25, -0.2) is 9.97 Å². The van der Waals surface area contributed by atoms with Crippen LogP contribution in [-0.2, 0) is 6.18 Å². The molecule has 0 radical (unpaired) electrons. The fourth-order valence-electron chi connectivity index (χ4n) is 2.23. The third-order valence-electron chi connectivity index (χ3n) is 3.58. The fraction of sp³-hybridized carbons (Fsp3) is 0.176. The lowest BCUT2D eigenvalue weighted by Gasteiger charge is -2.17. The summed E-state index contributed by atoms with van der Waals surface area (Å²) >= 11 is 1.35. The minimum absolute atomic E-state index is 0.419. The van der Waals surface area contributed by atoms with E-state index in [0.29, 0.717) is 22.4 Å². The van der Waals surface area contributed by atoms with Gasteiger partial charge in [0, 0.05) is 35.9 Å². The van der Waals surface area contributed by atoms with Crippen molar-refractivity contribution in [2.75, 3.05) is 19.1 Å². The lowest BCUT2D eigenvalue weighted by Crippen LogP contribution is -2.11. The molecular formula is C17H14F3N3OS. The van der Waals surface area contributed by atoms with Crippen molar-refractivity contribution in [3.63, 3.8) is 0 Å². The number of pyridine rings is 1. The van der Waals surface area contributed by atoms with Crippen molar-refractivity contribution in [3.8, 4) is 17.1 Å². The molecule has 0 atom stereocenters. The maximum Gasteiger partial charge on any atom is 0.416 e. The van der Waals surface area contributed by atoms with Crippen molar-refractivity contribution >= 4 is 22.2 Å². The monoisotopic (exact) mass is 365 g/mol. The van der Waals surface area contributed by atoms with Gasteiger partial charge in [0.2, 0.25) is 5.88 Å². The van der Waals surface area contributed by atoms with E-state index in [-0.39, 0.29) is 0 Å². The number of halogens is 3. The summed E-state index contributed by atoms with van der Waals surface area (Å²) < 4.78 is 43.7. The van der Waals surface area contributed by atoms with Gasteiger partial charge in [0.15, 0.2) is 5.13 Å². The molecule has 130 valence electrons. The fourth-order valence-corrected chi connectivity index (χ4v) is 3.05. The van der Waals surface area contributed by atoms with Crippen molar-refractivity contribution in [1.82, 2.24) is 9.97 Å². The van der Waals surface area contributed by atoms with Crippen LogP contribution >= 0.6 is 11.3 Å². The van der Waals surface area contributed by atoms with E-state index in [1.165, 1.54) is 24.5 Å². The first-order valence-corrected chi connectivity index (χ1v) is 8.13. The molecule has 1 aromatic carbocycles. The van der Waals surface area contributed by atoms with Gasteiger partial charge in [-0.05, 0) is 24.3 Å². The Morgan fingerprint density at radius 2 is 1.96 bits per heavy atom. The number of thiazole rings is 1. The summed E-state index contributed by atoms with van der Waals surface area (Å²) in [7, 11) is 3.21. The van der Waals surface area contributed by atoms with Gasteiger partial charge in [-0.15, -0.1) is 11.3 Å². The van der Waals surface area contributed by atoms with Crippen LogP contribution in [0.5, 0.6) is 5.88 Å². The number of anilines is 2. The van der Waals surface area contributed by atoms with Crippen LogP contribution in [-0.4, -0.2) is 24.1 Å². The second-order valence-electron chi connectivity index (χ2n) is 5.21. The van der Waals surface area contributed by atoms with Crippen LogP contribution in [0.4, 0.5) is 24.0 Å². The van der Waals surface area contributed by atoms with Gasteiger partial charge in [-0.2, -0.15) is 13.2 Å². The first kappa shape index (κ1) is 17.2. The molecule has 2 aromatic heterocycles. The Morgan fingerprint density at radius 3 is 2.68 bits per heavy atom. The normalized spacial score (nSPS) is 11.4. The summed E-state index contributed by atoms with van der Waals surface area (Å²) in [5.41, 5.74) is 1.27. The summed E-state index contributed by atoms with van der Waals surface area (Å²) in [6.07, 6.45) is -2.76. The lowest BCUT2D eigenvalue weighted by molar-refractivity contribution is -0.137. The molecule has 25 heavy (non-hydrogen) atoms. The lowest BCUT2D eigenvalue weighted by atomic mass is 10.2. The van der Waals surface area contributed by atoms with Crippen molar-refractivity contribution in [2.45, 2.75) is 6.18 Å². The highest BCUT2D eigenvalue weighted by atomic mass is 32.1. The molecule has 0 aliphatic carbocycles. The number of aromatic nitrogens is 2. The molecular weight excluding hydrogens is 351 g/mol. The number of hydrogen-bond acceptors (Lipinski definition) is 5. The van der Waals surface area contributed by atoms with E-state index in [1.54, 1.807) is 36.3 Å². The second kappa shape index (κ2) is 6.72. The number of rotatable bonds is 4. The highest BCUT2D eigenvalue weighted by molar-refractivity contribution is 7.14. The standard InChI is InChI=1S/C17H14F3N3OS/c1-23(13-5-3-4-12(9-13)17(18,19)20)16-22-14(10-25-16)11-6-7-21-15(8-11)24-2/h3-10H,1-2H3. The highest BCUT2D eigenvalue weighted by Gasteiger charge is 2.30. The number of nitrogens with zero attached hydrogens (tertiary/aromatic N) is 3. The van der Waals surface area contributed by atoms with E-state index < -0.39 is 11.7 Å². The van der Waals surface area contributed by atoms with Gasteiger partial charge >= 0.3 is 6.18 Å². The predicted molar refractivity (Wildman–Crippen MR) is 91.4 cm³/mol. The Morgan fingerprint density at radius 1 is 1.16 bits per heavy atom. The van der Waals surface area contributed by atoms with Crippen molar-refractivity contribution in [3.05, 3.63) is 53.5 Å². The molecule has 0 fully saturated rings. The van der Waals surface area contributed by atoms with E-state index in [4.69, 9.17) is 4.74 Å². The average molecular weight is 365 g/mol. The van der Waals surface area contributed by atoms with E-state index in [0.717, 1.165) is 17.7 Å². The maximum atomic E-state index is 12.9. The number of ether oxygens (including phenoxy) is 1. The largest absolute Gasteiger partial charge is 0.481 e. The summed E-state index contributed by atoms with van der Waals surface area (Å²) in [6, 6.07) is 8.71. The van der Waals surface area contributed by atoms with Gasteiger partial charge in [0.1, 0.15) is 0 Å². The molecule has 0 amide bonds. The van der Waals surface area contributed by atoms with E-state index in [9.17, 15) is 13.2 Å². The number of methoxy groups -OCH3 is 1. The molecule has 0 aliphatic heterocycles. The molecule has 3 aromatic rings. The van der Waals surface area contributed by atoms with Crippen LogP contribution < -0.4 is 9.64 Å². The molecule has 0 unspecified atom stereocenters. The van der Waals surface area contributed by atoms with Gasteiger partial charge < -0.3 is 9.64 Å². The smallest absolute Gasteiger partial charge is 0.416 e. The van der Waals surface area contributed by atoms with E-state index >= 15 is 0 Å². The summed E-state index contributed by atoms with van der Waals surface area (Å²) in [4.78, 5) is 10.2. The van der Waals surface area contributed by atoms with Crippen LogP contribution in [0.1, 0.15) is 5.56 Å². The van der Waals surface area contributed by atoms with Gasteiger partial charge in [0.05, 0.1) is 18.4 Å². The predicted octanol–water partition coefficient (Wildman–Crippen LogP) is 5.00. The molecule has 0 saturated carbocycles. The Balaban J connectivity index is 1.89. The first-order chi connectivity index (χ1) is 11.9. The minimum Gasteiger partial charge on any atom is -0.481 e. The van der Waals surface area contributed by atoms with Crippen molar-refractivity contribution in [2.24, 2.45) is 0 Å². The second-order valence-corrected chi connectivity index (χ2v) is 6.05. The van der Waals surface area contributed by atoms with Crippen LogP contribution in [0.15, 0.2) is 48.0 Å². The molecule has 4 nitrogen and oxygen atoms in total. The van der Waals surface area contributed by atoms with Crippen LogP contribution in [0.25, 0.3) is 11.3 Å². The van der Waals surface area contributed by atoms with Crippen LogP contribution in [0, 0.1) is 0 Å². The van der Waals surface area contributed by atoms with E-state index in [1.807, 2.05) is 5.38 Å². The van der Waals surface area contributed by atoms with Crippen LogP contribution in [0.3, 0.4) is 0 Å². The Hall–Kier alpha value is -2.61. The Bertz CT molecular complexity index is 879. The maximum absolute atomic E-state index is 12.9. The van der Waals surface area contributed by atoms with Crippen molar-refractivity contribution in [1.29, 1.82) is 0 Å². The zero-order valence-electron chi connectivity index (χ0n) is 13.4. The number of hydrogen-bond donors (Lipinski definition) is 0. The average Bonchev–Trinajstić information content (AvgIpc) is 3.10. The summed E-state index contributed by atoms with van der Waals surface area (Å²) in [6.45, 7) is 0. The van der Waals surface area contributed by atoms with Crippen LogP contribution in [0.2, 0.25) is 0 Å². The van der Waals surface area contributed by atoms with E-state index in [2.05, 4.69) is 9.97 Å². The molecule has 8 heteroatoms. The number of alkyl halides is 3. The molecule has 3 rings (SSSR count). The minimum atomic E-state index is -4.38. The van der Waals surface area contributed by atoms with Gasteiger partial charge in [-0.3, -0.25) is 0 Å². The SMILES string of the molecule is COc1cc(-c2csc(N(C)c3cccc(C(F)(F)F)c3)n2)ccn1. The topological polar surface area (TPSA) is 38.2 Å². The molecule has 0 N–H and O–H groups in total. The zero-order valence-corrected chi connectivity index (χ0v) is 14.2. The third kappa shape index (κ3) is 3.74. The Kier molecular flexibility index (Phi) is 4.63. The van der Waals surface area contributed by atoms with Crippen molar-refractivity contribution < 1.29 is 17.9 Å². The summed E-state index contributed by atoms with van der Waals surface area (Å²) in [5, 5.41) is 2.43. The zero-order chi connectivity index (χ0) is 18.0. The van der Waals surface area contributed by atoms with Gasteiger partial charge in [0.25, 0.3) is 0 Å². The molecule has 0 aliphatic rings. The molecule has 2 heterocycles. The van der Waals surface area contributed by atoms with Gasteiger partial charge in [-0.1, -0.05) is 6.07 Å². The molecule has 0 spiro atoms.